The van der Waals surface area contributed by atoms with E-state index in [0.29, 0.717) is 20.8 Å². The molecule has 0 saturated heterocycles. The number of benzene rings is 1. The van der Waals surface area contributed by atoms with Crippen molar-refractivity contribution in [2.75, 3.05) is 0 Å². The molecule has 2 atom stereocenters. The van der Waals surface area contributed by atoms with Gasteiger partial charge in [-0.15, -0.1) is 11.3 Å². The maximum absolute atomic E-state index is 6.13. The first-order valence-corrected chi connectivity index (χ1v) is 8.50. The predicted molar refractivity (Wildman–Crippen MR) is 90.5 cm³/mol. The summed E-state index contributed by atoms with van der Waals surface area (Å²) in [5.74, 6) is 0.466. The quantitative estimate of drug-likeness (QED) is 0.628. The molecule has 1 aromatic carbocycles. The summed E-state index contributed by atoms with van der Waals surface area (Å²) in [6.45, 7) is 1.88. The highest BCUT2D eigenvalue weighted by Gasteiger charge is 2.22. The Morgan fingerprint density at radius 3 is 2.35 bits per heavy atom. The molecule has 0 amide bonds. The van der Waals surface area contributed by atoms with Crippen LogP contribution in [0.1, 0.15) is 17.9 Å². The number of hydrogen-bond acceptors (Lipinski definition) is 3. The van der Waals surface area contributed by atoms with Gasteiger partial charge in [0, 0.05) is 26.8 Å². The lowest BCUT2D eigenvalue weighted by molar-refractivity contribution is 0.184. The van der Waals surface area contributed by atoms with Gasteiger partial charge in [-0.2, -0.15) is 0 Å². The summed E-state index contributed by atoms with van der Waals surface area (Å²) in [7, 11) is 0. The second-order valence-electron chi connectivity index (χ2n) is 4.26. The number of thiophene rings is 1. The van der Waals surface area contributed by atoms with E-state index >= 15 is 0 Å². The minimum Gasteiger partial charge on any atom is -0.482 e. The van der Waals surface area contributed by atoms with E-state index in [1.165, 1.54) is 0 Å². The van der Waals surface area contributed by atoms with Crippen molar-refractivity contribution in [1.29, 1.82) is 0 Å². The largest absolute Gasteiger partial charge is 0.482 e. The Balaban J connectivity index is 2.32. The minimum absolute atomic E-state index is 0.203. The maximum atomic E-state index is 6.13. The number of hydrogen-bond donors (Lipinski definition) is 1. The summed E-state index contributed by atoms with van der Waals surface area (Å²) in [5, 5.41) is 3.16. The highest BCUT2D eigenvalue weighted by molar-refractivity contribution is 9.10. The number of nitrogens with two attached hydrogens (primary N) is 1. The van der Waals surface area contributed by atoms with Crippen molar-refractivity contribution in [3.8, 4) is 5.75 Å². The van der Waals surface area contributed by atoms with Crippen LogP contribution >= 0.6 is 62.1 Å². The Kier molecular flexibility index (Phi) is 5.63. The Hall–Kier alpha value is 0.0300. The van der Waals surface area contributed by atoms with Gasteiger partial charge in [-0.05, 0) is 35.0 Å². The van der Waals surface area contributed by atoms with Crippen LogP contribution in [0.3, 0.4) is 0 Å². The van der Waals surface area contributed by atoms with Gasteiger partial charge in [-0.3, -0.25) is 0 Å². The first kappa shape index (κ1) is 16.4. The fourth-order valence-electron chi connectivity index (χ4n) is 1.63. The second kappa shape index (κ2) is 6.86. The first-order chi connectivity index (χ1) is 9.38. The van der Waals surface area contributed by atoms with Crippen LogP contribution in [0.15, 0.2) is 28.1 Å². The summed E-state index contributed by atoms with van der Waals surface area (Å²) in [6.07, 6.45) is -0.305. The van der Waals surface area contributed by atoms with Crippen molar-refractivity contribution >= 4 is 62.1 Å². The number of rotatable bonds is 4. The van der Waals surface area contributed by atoms with Gasteiger partial charge in [-0.1, -0.05) is 34.8 Å². The lowest BCUT2D eigenvalue weighted by atomic mass is 10.1. The van der Waals surface area contributed by atoms with E-state index in [4.69, 9.17) is 45.3 Å². The zero-order valence-electron chi connectivity index (χ0n) is 10.4. The van der Waals surface area contributed by atoms with E-state index in [9.17, 15) is 0 Å². The third kappa shape index (κ3) is 3.81. The molecule has 1 aromatic heterocycles. The average Bonchev–Trinajstić information content (AvgIpc) is 2.78. The first-order valence-electron chi connectivity index (χ1n) is 5.69. The highest BCUT2D eigenvalue weighted by atomic mass is 79.9. The summed E-state index contributed by atoms with van der Waals surface area (Å²) >= 11 is 23.0. The zero-order valence-corrected chi connectivity index (χ0v) is 15.0. The molecule has 0 radical (unpaired) electrons. The zero-order chi connectivity index (χ0) is 14.9. The Morgan fingerprint density at radius 1 is 1.15 bits per heavy atom. The predicted octanol–water partition coefficient (Wildman–Crippen LogP) is 5.94. The van der Waals surface area contributed by atoms with Crippen LogP contribution in [-0.4, -0.2) is 6.04 Å². The van der Waals surface area contributed by atoms with Crippen LogP contribution in [0.4, 0.5) is 0 Å². The normalized spacial score (nSPS) is 14.1. The van der Waals surface area contributed by atoms with Gasteiger partial charge in [0.1, 0.15) is 11.9 Å². The number of ether oxygens (including phenoxy) is 1. The topological polar surface area (TPSA) is 35.2 Å². The van der Waals surface area contributed by atoms with Crippen LogP contribution in [0.25, 0.3) is 0 Å². The molecule has 0 aliphatic rings. The summed E-state index contributed by atoms with van der Waals surface area (Å²) in [5.41, 5.74) is 6.01. The van der Waals surface area contributed by atoms with Crippen molar-refractivity contribution in [2.45, 2.75) is 19.1 Å². The fraction of sp³-hybridized carbons (Fsp3) is 0.231. The monoisotopic (exact) mass is 413 g/mol. The van der Waals surface area contributed by atoms with Crippen LogP contribution in [-0.2, 0) is 0 Å². The molecular weight excluding hydrogens is 404 g/mol. The molecule has 2 aromatic rings. The smallest absolute Gasteiger partial charge is 0.148 e. The molecule has 0 saturated carbocycles. The van der Waals surface area contributed by atoms with Crippen molar-refractivity contribution < 1.29 is 4.74 Å². The van der Waals surface area contributed by atoms with Gasteiger partial charge in [0.05, 0.1) is 15.1 Å². The van der Waals surface area contributed by atoms with Gasteiger partial charge in [-0.25, -0.2) is 0 Å². The Morgan fingerprint density at radius 2 is 1.80 bits per heavy atom. The minimum atomic E-state index is -0.305. The van der Waals surface area contributed by atoms with Crippen molar-refractivity contribution in [3.05, 3.63) is 48.0 Å². The molecular formula is C13H11BrCl3NOS. The molecule has 0 aliphatic carbocycles. The lowest BCUT2D eigenvalue weighted by Crippen LogP contribution is -2.28. The van der Waals surface area contributed by atoms with Crippen LogP contribution < -0.4 is 10.5 Å². The molecule has 0 bridgehead atoms. The lowest BCUT2D eigenvalue weighted by Gasteiger charge is -2.22. The van der Waals surface area contributed by atoms with Gasteiger partial charge >= 0.3 is 0 Å². The van der Waals surface area contributed by atoms with E-state index in [1.54, 1.807) is 23.5 Å². The molecule has 7 heteroatoms. The van der Waals surface area contributed by atoms with Crippen LogP contribution in [0.2, 0.25) is 15.1 Å². The van der Waals surface area contributed by atoms with Crippen molar-refractivity contribution in [1.82, 2.24) is 0 Å². The third-order valence-corrected chi connectivity index (χ3v) is 5.35. The SMILES string of the molecule is CC(N)C(Oc1cc(Cl)c(Cl)cc1Cl)c1cc(Br)cs1. The van der Waals surface area contributed by atoms with Crippen LogP contribution in [0.5, 0.6) is 5.75 Å². The van der Waals surface area contributed by atoms with E-state index < -0.39 is 0 Å². The molecule has 0 spiro atoms. The van der Waals surface area contributed by atoms with Crippen molar-refractivity contribution in [3.63, 3.8) is 0 Å². The summed E-state index contributed by atoms with van der Waals surface area (Å²) in [6, 6.07) is 4.93. The molecule has 20 heavy (non-hydrogen) atoms. The number of halogens is 4. The van der Waals surface area contributed by atoms with Gasteiger partial charge in [0.25, 0.3) is 0 Å². The Labute approximate surface area is 144 Å². The second-order valence-corrected chi connectivity index (χ2v) is 7.34. The molecule has 0 fully saturated rings. The third-order valence-electron chi connectivity index (χ3n) is 2.57. The Bertz CT molecular complexity index is 618. The van der Waals surface area contributed by atoms with Gasteiger partial charge < -0.3 is 10.5 Å². The molecule has 0 aliphatic heterocycles. The summed E-state index contributed by atoms with van der Waals surface area (Å²) in [4.78, 5) is 1.01. The highest BCUT2D eigenvalue weighted by Crippen LogP contribution is 2.38. The van der Waals surface area contributed by atoms with Crippen LogP contribution in [0, 0.1) is 0 Å². The molecule has 108 valence electrons. The molecule has 2 N–H and O–H groups in total. The maximum Gasteiger partial charge on any atom is 0.148 e. The molecule has 1 heterocycles. The van der Waals surface area contributed by atoms with E-state index in [-0.39, 0.29) is 12.1 Å². The van der Waals surface area contributed by atoms with E-state index in [0.717, 1.165) is 9.35 Å². The fourth-order valence-corrected chi connectivity index (χ4v) is 3.80. The summed E-state index contributed by atoms with van der Waals surface area (Å²) < 4.78 is 6.92. The molecule has 2 nitrogen and oxygen atoms in total. The average molecular weight is 416 g/mol. The van der Waals surface area contributed by atoms with Gasteiger partial charge in [0.2, 0.25) is 0 Å². The van der Waals surface area contributed by atoms with E-state index in [2.05, 4.69) is 15.9 Å². The van der Waals surface area contributed by atoms with Gasteiger partial charge in [0.15, 0.2) is 0 Å². The van der Waals surface area contributed by atoms with Crippen molar-refractivity contribution in [2.24, 2.45) is 5.73 Å². The molecule has 2 unspecified atom stereocenters. The van der Waals surface area contributed by atoms with E-state index in [1.807, 2.05) is 18.4 Å². The standard InChI is InChI=1S/C13H11BrCl3NOS/c1-6(18)13(12-2-7(14)5-20-12)19-11-4-9(16)8(15)3-10(11)17/h2-6,13H,18H2,1H3. The molecule has 2 rings (SSSR count).